The van der Waals surface area contributed by atoms with Crippen LogP contribution < -0.4 is 4.90 Å². The first-order chi connectivity index (χ1) is 12.6. The van der Waals surface area contributed by atoms with Crippen molar-refractivity contribution in [2.24, 2.45) is 5.92 Å². The minimum absolute atomic E-state index is 0.0809. The molecule has 3 aromatic rings. The topological polar surface area (TPSA) is 20.3 Å². The fourth-order valence-electron chi connectivity index (χ4n) is 4.04. The number of anilines is 1. The highest BCUT2D eigenvalue weighted by molar-refractivity contribution is 5.99. The third-order valence-corrected chi connectivity index (χ3v) is 5.42. The summed E-state index contributed by atoms with van der Waals surface area (Å²) in [5.74, 6) is 0.176. The number of rotatable bonds is 3. The molecule has 0 spiro atoms. The molecule has 4 rings (SSSR count). The zero-order valence-electron chi connectivity index (χ0n) is 15.2. The maximum Gasteiger partial charge on any atom is 0.231 e. The summed E-state index contributed by atoms with van der Waals surface area (Å²) in [5, 5.41) is 0. The monoisotopic (exact) mass is 341 g/mol. The first kappa shape index (κ1) is 16.6. The van der Waals surface area contributed by atoms with Crippen molar-refractivity contribution in [3.63, 3.8) is 0 Å². The second-order valence-corrected chi connectivity index (χ2v) is 7.14. The highest BCUT2D eigenvalue weighted by Crippen LogP contribution is 2.43. The molecule has 0 aromatic heterocycles. The maximum absolute atomic E-state index is 13.3. The highest BCUT2D eigenvalue weighted by atomic mass is 16.2. The molecule has 1 heterocycles. The number of nitrogens with zero attached hydrogens (tertiary/aromatic N) is 1. The summed E-state index contributed by atoms with van der Waals surface area (Å²) in [6.45, 7) is 2.09. The van der Waals surface area contributed by atoms with E-state index in [1.807, 2.05) is 30.1 Å². The van der Waals surface area contributed by atoms with Crippen LogP contribution in [0.4, 0.5) is 5.69 Å². The Hall–Kier alpha value is -2.87. The smallest absolute Gasteiger partial charge is 0.231 e. The lowest BCUT2D eigenvalue weighted by Crippen LogP contribution is -2.42. The Balaban J connectivity index is 1.82. The van der Waals surface area contributed by atoms with Crippen molar-refractivity contribution in [1.29, 1.82) is 0 Å². The zero-order valence-corrected chi connectivity index (χ0v) is 15.2. The van der Waals surface area contributed by atoms with Crippen molar-refractivity contribution in [3.8, 4) is 0 Å². The second-order valence-electron chi connectivity index (χ2n) is 7.14. The van der Waals surface area contributed by atoms with Crippen LogP contribution in [-0.2, 0) is 11.2 Å². The van der Waals surface area contributed by atoms with Gasteiger partial charge in [-0.25, -0.2) is 0 Å². The highest BCUT2D eigenvalue weighted by Gasteiger charge is 2.39. The lowest BCUT2D eigenvalue weighted by molar-refractivity contribution is -0.123. The minimum atomic E-state index is -0.0972. The van der Waals surface area contributed by atoms with Crippen LogP contribution in [-0.4, -0.2) is 13.0 Å². The van der Waals surface area contributed by atoms with Gasteiger partial charge in [-0.15, -0.1) is 0 Å². The fraction of sp³-hybridized carbons (Fsp3) is 0.208. The summed E-state index contributed by atoms with van der Waals surface area (Å²) in [4.78, 5) is 15.1. The van der Waals surface area contributed by atoms with E-state index in [0.717, 1.165) is 12.1 Å². The number of para-hydroxylation sites is 1. The van der Waals surface area contributed by atoms with Gasteiger partial charge >= 0.3 is 0 Å². The summed E-state index contributed by atoms with van der Waals surface area (Å²) in [6, 6.07) is 27.3. The van der Waals surface area contributed by atoms with Crippen LogP contribution >= 0.6 is 0 Å². The van der Waals surface area contributed by atoms with Crippen LogP contribution in [0.15, 0.2) is 78.9 Å². The number of carbonyl (C=O) groups is 1. The Morgan fingerprint density at radius 3 is 2.23 bits per heavy atom. The second kappa shape index (κ2) is 6.80. The van der Waals surface area contributed by atoms with Gasteiger partial charge < -0.3 is 4.90 Å². The van der Waals surface area contributed by atoms with Gasteiger partial charge in [0.1, 0.15) is 0 Å². The van der Waals surface area contributed by atoms with Crippen molar-refractivity contribution in [3.05, 3.63) is 101 Å². The number of amides is 1. The molecule has 0 aliphatic carbocycles. The first-order valence-corrected chi connectivity index (χ1v) is 9.12. The number of aryl methyl sites for hydroxylation is 1. The van der Waals surface area contributed by atoms with Crippen molar-refractivity contribution in [2.75, 3.05) is 11.9 Å². The van der Waals surface area contributed by atoms with Crippen molar-refractivity contribution < 1.29 is 4.79 Å². The predicted molar refractivity (Wildman–Crippen MR) is 107 cm³/mol. The lowest BCUT2D eigenvalue weighted by Gasteiger charge is -2.38. The Morgan fingerprint density at radius 1 is 0.846 bits per heavy atom. The molecule has 0 N–H and O–H groups in total. The van der Waals surface area contributed by atoms with E-state index in [1.165, 1.54) is 22.3 Å². The number of carbonyl (C=O) groups excluding carboxylic acids is 1. The van der Waals surface area contributed by atoms with Gasteiger partial charge in [-0.05, 0) is 36.1 Å². The molecule has 3 aromatic carbocycles. The third-order valence-electron chi connectivity index (χ3n) is 5.42. The molecular formula is C24H23NO. The van der Waals surface area contributed by atoms with Gasteiger partial charge in [-0.1, -0.05) is 78.4 Å². The summed E-state index contributed by atoms with van der Waals surface area (Å²) in [6.07, 6.45) is 0.747. The molecule has 1 amide bonds. The maximum atomic E-state index is 13.3. The first-order valence-electron chi connectivity index (χ1n) is 9.12. The van der Waals surface area contributed by atoms with E-state index in [4.69, 9.17) is 0 Å². The molecule has 0 fully saturated rings. The molecule has 2 heteroatoms. The van der Waals surface area contributed by atoms with E-state index >= 15 is 0 Å². The number of hydrogen-bond acceptors (Lipinski definition) is 1. The van der Waals surface area contributed by atoms with E-state index in [1.54, 1.807) is 0 Å². The van der Waals surface area contributed by atoms with Crippen LogP contribution in [0.5, 0.6) is 0 Å². The van der Waals surface area contributed by atoms with E-state index in [0.29, 0.717) is 0 Å². The van der Waals surface area contributed by atoms with Crippen LogP contribution in [0.1, 0.15) is 28.2 Å². The van der Waals surface area contributed by atoms with Gasteiger partial charge in [-0.2, -0.15) is 0 Å². The van der Waals surface area contributed by atoms with Crippen LogP contribution in [0.25, 0.3) is 0 Å². The predicted octanol–water partition coefficient (Wildman–Crippen LogP) is 4.96. The van der Waals surface area contributed by atoms with Crippen molar-refractivity contribution >= 4 is 11.6 Å². The standard InChI is InChI=1S/C24H23NO/c1-17-12-14-18(15-13-17)16-21-23(19-8-4-3-5-9-19)20-10-6-7-11-22(20)25(2)24(21)26/h3-15,21,23H,16H2,1-2H3. The van der Waals surface area contributed by atoms with E-state index in [9.17, 15) is 4.79 Å². The molecule has 2 unspecified atom stereocenters. The molecule has 0 saturated carbocycles. The molecule has 26 heavy (non-hydrogen) atoms. The number of benzene rings is 3. The SMILES string of the molecule is Cc1ccc(CC2C(=O)N(C)c3ccccc3C2c2ccccc2)cc1. The third kappa shape index (κ3) is 2.92. The fourth-order valence-corrected chi connectivity index (χ4v) is 4.04. The molecule has 1 aliphatic heterocycles. The van der Waals surface area contributed by atoms with Crippen LogP contribution in [0, 0.1) is 12.8 Å². The van der Waals surface area contributed by atoms with Gasteiger partial charge in [0.2, 0.25) is 5.91 Å². The lowest BCUT2D eigenvalue weighted by atomic mass is 9.74. The number of fused-ring (bicyclic) bond motifs is 1. The molecule has 0 radical (unpaired) electrons. The van der Waals surface area contributed by atoms with Gasteiger partial charge in [0.15, 0.2) is 0 Å². The van der Waals surface area contributed by atoms with Gasteiger partial charge in [-0.3, -0.25) is 4.79 Å². The molecular weight excluding hydrogens is 318 g/mol. The zero-order chi connectivity index (χ0) is 18.1. The minimum Gasteiger partial charge on any atom is -0.315 e. The summed E-state index contributed by atoms with van der Waals surface area (Å²) >= 11 is 0. The largest absolute Gasteiger partial charge is 0.315 e. The van der Waals surface area contributed by atoms with Gasteiger partial charge in [0, 0.05) is 18.7 Å². The summed E-state index contributed by atoms with van der Waals surface area (Å²) < 4.78 is 0. The Labute approximate surface area is 155 Å². The summed E-state index contributed by atoms with van der Waals surface area (Å²) in [7, 11) is 1.89. The van der Waals surface area contributed by atoms with Crippen molar-refractivity contribution in [1.82, 2.24) is 0 Å². The van der Waals surface area contributed by atoms with E-state index < -0.39 is 0 Å². The quantitative estimate of drug-likeness (QED) is 0.659. The Bertz CT molecular complexity index is 914. The summed E-state index contributed by atoms with van der Waals surface area (Å²) in [5.41, 5.74) is 5.91. The van der Waals surface area contributed by atoms with E-state index in [2.05, 4.69) is 67.6 Å². The van der Waals surface area contributed by atoms with E-state index in [-0.39, 0.29) is 17.7 Å². The normalized spacial score (nSPS) is 19.3. The Morgan fingerprint density at radius 2 is 1.50 bits per heavy atom. The molecule has 2 nitrogen and oxygen atoms in total. The molecule has 2 atom stereocenters. The van der Waals surface area contributed by atoms with Gasteiger partial charge in [0.25, 0.3) is 0 Å². The van der Waals surface area contributed by atoms with Crippen LogP contribution in [0.2, 0.25) is 0 Å². The molecule has 0 bridgehead atoms. The molecule has 1 aliphatic rings. The van der Waals surface area contributed by atoms with Crippen LogP contribution in [0.3, 0.4) is 0 Å². The molecule has 0 saturated heterocycles. The Kier molecular flexibility index (Phi) is 4.34. The molecule has 130 valence electrons. The average molecular weight is 341 g/mol. The average Bonchev–Trinajstić information content (AvgIpc) is 2.68. The van der Waals surface area contributed by atoms with Gasteiger partial charge in [0.05, 0.1) is 5.92 Å². The van der Waals surface area contributed by atoms with Crippen molar-refractivity contribution in [2.45, 2.75) is 19.3 Å². The number of hydrogen-bond donors (Lipinski definition) is 0.